The maximum Gasteiger partial charge on any atom is 0.122 e. The maximum atomic E-state index is 9.07. The minimum absolute atomic E-state index is 0.240. The highest BCUT2D eigenvalue weighted by Gasteiger charge is 2.12. The van der Waals surface area contributed by atoms with Crippen molar-refractivity contribution in [2.45, 2.75) is 32.7 Å². The quantitative estimate of drug-likeness (QED) is 0.807. The summed E-state index contributed by atoms with van der Waals surface area (Å²) >= 11 is 0. The topological polar surface area (TPSA) is 41.5 Å². The number of ether oxygens (including phenoxy) is 1. The molecule has 2 N–H and O–H groups in total. The van der Waals surface area contributed by atoms with Crippen molar-refractivity contribution in [1.82, 2.24) is 5.32 Å². The number of aliphatic hydroxyl groups excluding tert-OH is 1. The molecule has 3 nitrogen and oxygen atoms in total. The van der Waals surface area contributed by atoms with Gasteiger partial charge in [0.2, 0.25) is 0 Å². The van der Waals surface area contributed by atoms with Gasteiger partial charge in [-0.3, -0.25) is 0 Å². The number of rotatable bonds is 6. The lowest BCUT2D eigenvalue weighted by Gasteiger charge is -2.19. The number of hydrogen-bond donors (Lipinski definition) is 2. The molecule has 18 heavy (non-hydrogen) atoms. The SMILES string of the molecule is CC(CO)C(C)NCCc1ccc2c(c1)CCO2. The second-order valence-corrected chi connectivity index (χ2v) is 5.19. The van der Waals surface area contributed by atoms with Gasteiger partial charge >= 0.3 is 0 Å². The Balaban J connectivity index is 1.80. The molecule has 2 unspecified atom stereocenters. The van der Waals surface area contributed by atoms with E-state index in [-0.39, 0.29) is 6.61 Å². The Labute approximate surface area is 109 Å². The second-order valence-electron chi connectivity index (χ2n) is 5.19. The van der Waals surface area contributed by atoms with Gasteiger partial charge in [0.15, 0.2) is 0 Å². The summed E-state index contributed by atoms with van der Waals surface area (Å²) in [5.74, 6) is 1.35. The fraction of sp³-hybridized carbons (Fsp3) is 0.600. The molecule has 0 spiro atoms. The minimum atomic E-state index is 0.240. The van der Waals surface area contributed by atoms with E-state index in [0.29, 0.717) is 12.0 Å². The van der Waals surface area contributed by atoms with Crippen LogP contribution in [0, 0.1) is 5.92 Å². The fourth-order valence-electron chi connectivity index (χ4n) is 2.20. The van der Waals surface area contributed by atoms with Crippen LogP contribution in [0.15, 0.2) is 18.2 Å². The Morgan fingerprint density at radius 1 is 1.39 bits per heavy atom. The van der Waals surface area contributed by atoms with Crippen molar-refractivity contribution < 1.29 is 9.84 Å². The lowest BCUT2D eigenvalue weighted by Crippen LogP contribution is -2.35. The molecule has 0 saturated heterocycles. The molecule has 0 aliphatic carbocycles. The summed E-state index contributed by atoms with van der Waals surface area (Å²) in [6.07, 6.45) is 2.06. The first kappa shape index (κ1) is 13.4. The zero-order chi connectivity index (χ0) is 13.0. The van der Waals surface area contributed by atoms with E-state index in [4.69, 9.17) is 9.84 Å². The monoisotopic (exact) mass is 249 g/mol. The van der Waals surface area contributed by atoms with Gasteiger partial charge in [0.25, 0.3) is 0 Å². The maximum absolute atomic E-state index is 9.07. The molecule has 1 aromatic rings. The van der Waals surface area contributed by atoms with E-state index in [9.17, 15) is 0 Å². The molecule has 0 fully saturated rings. The van der Waals surface area contributed by atoms with Crippen LogP contribution in [-0.2, 0) is 12.8 Å². The van der Waals surface area contributed by atoms with Crippen molar-refractivity contribution in [2.24, 2.45) is 5.92 Å². The molecule has 0 aromatic heterocycles. The van der Waals surface area contributed by atoms with Crippen molar-refractivity contribution in [3.05, 3.63) is 29.3 Å². The molecule has 2 rings (SSSR count). The lowest BCUT2D eigenvalue weighted by molar-refractivity contribution is 0.208. The van der Waals surface area contributed by atoms with E-state index >= 15 is 0 Å². The molecular formula is C15H23NO2. The minimum Gasteiger partial charge on any atom is -0.493 e. The Morgan fingerprint density at radius 3 is 3.00 bits per heavy atom. The van der Waals surface area contributed by atoms with Crippen molar-refractivity contribution in [3.63, 3.8) is 0 Å². The fourth-order valence-corrected chi connectivity index (χ4v) is 2.20. The van der Waals surface area contributed by atoms with E-state index in [2.05, 4.69) is 37.4 Å². The summed E-state index contributed by atoms with van der Waals surface area (Å²) in [5, 5.41) is 12.5. The lowest BCUT2D eigenvalue weighted by atomic mass is 10.0. The molecule has 2 atom stereocenters. The van der Waals surface area contributed by atoms with E-state index in [1.165, 1.54) is 11.1 Å². The molecule has 1 aliphatic rings. The number of aliphatic hydroxyl groups is 1. The molecule has 1 aliphatic heterocycles. The largest absolute Gasteiger partial charge is 0.493 e. The molecule has 0 amide bonds. The summed E-state index contributed by atoms with van der Waals surface area (Å²) < 4.78 is 5.50. The number of hydrogen-bond acceptors (Lipinski definition) is 3. The third-order valence-electron chi connectivity index (χ3n) is 3.78. The average Bonchev–Trinajstić information content (AvgIpc) is 2.85. The molecule has 0 saturated carbocycles. The van der Waals surface area contributed by atoms with Crippen LogP contribution in [0.5, 0.6) is 5.75 Å². The van der Waals surface area contributed by atoms with Crippen molar-refractivity contribution in [1.29, 1.82) is 0 Å². The molecule has 1 aromatic carbocycles. The van der Waals surface area contributed by atoms with Gasteiger partial charge in [-0.15, -0.1) is 0 Å². The van der Waals surface area contributed by atoms with Gasteiger partial charge < -0.3 is 15.2 Å². The Bertz CT molecular complexity index is 392. The van der Waals surface area contributed by atoms with Crippen LogP contribution in [0.2, 0.25) is 0 Å². The van der Waals surface area contributed by atoms with Gasteiger partial charge in [0.1, 0.15) is 5.75 Å². The Hall–Kier alpha value is -1.06. The normalized spacial score (nSPS) is 17.1. The van der Waals surface area contributed by atoms with E-state index in [0.717, 1.165) is 31.7 Å². The van der Waals surface area contributed by atoms with Crippen LogP contribution in [0.4, 0.5) is 0 Å². The van der Waals surface area contributed by atoms with E-state index < -0.39 is 0 Å². The van der Waals surface area contributed by atoms with Crippen LogP contribution in [-0.4, -0.2) is 30.9 Å². The van der Waals surface area contributed by atoms with Gasteiger partial charge in [-0.2, -0.15) is 0 Å². The first-order valence-corrected chi connectivity index (χ1v) is 6.79. The molecule has 3 heteroatoms. The third-order valence-corrected chi connectivity index (χ3v) is 3.78. The van der Waals surface area contributed by atoms with Crippen LogP contribution in [0.25, 0.3) is 0 Å². The number of nitrogens with one attached hydrogen (secondary N) is 1. The van der Waals surface area contributed by atoms with Crippen LogP contribution in [0.3, 0.4) is 0 Å². The first-order chi connectivity index (χ1) is 8.70. The Kier molecular flexibility index (Phi) is 4.61. The third kappa shape index (κ3) is 3.24. The van der Waals surface area contributed by atoms with Crippen LogP contribution >= 0.6 is 0 Å². The molecular weight excluding hydrogens is 226 g/mol. The van der Waals surface area contributed by atoms with E-state index in [1.54, 1.807) is 0 Å². The van der Waals surface area contributed by atoms with E-state index in [1.807, 2.05) is 0 Å². The summed E-state index contributed by atoms with van der Waals surface area (Å²) in [6.45, 7) is 6.19. The van der Waals surface area contributed by atoms with Crippen LogP contribution < -0.4 is 10.1 Å². The highest BCUT2D eigenvalue weighted by atomic mass is 16.5. The highest BCUT2D eigenvalue weighted by Crippen LogP contribution is 2.25. The Morgan fingerprint density at radius 2 is 2.22 bits per heavy atom. The summed E-state index contributed by atoms with van der Waals surface area (Å²) in [7, 11) is 0. The van der Waals surface area contributed by atoms with Crippen molar-refractivity contribution in [3.8, 4) is 5.75 Å². The summed E-state index contributed by atoms with van der Waals surface area (Å²) in [4.78, 5) is 0. The van der Waals surface area contributed by atoms with Gasteiger partial charge in [-0.05, 0) is 43.0 Å². The summed E-state index contributed by atoms with van der Waals surface area (Å²) in [6, 6.07) is 6.83. The van der Waals surface area contributed by atoms with Gasteiger partial charge in [-0.1, -0.05) is 19.1 Å². The second kappa shape index (κ2) is 6.21. The smallest absolute Gasteiger partial charge is 0.122 e. The predicted molar refractivity (Wildman–Crippen MR) is 73.1 cm³/mol. The van der Waals surface area contributed by atoms with Crippen LogP contribution in [0.1, 0.15) is 25.0 Å². The molecule has 1 heterocycles. The van der Waals surface area contributed by atoms with Gasteiger partial charge in [-0.25, -0.2) is 0 Å². The first-order valence-electron chi connectivity index (χ1n) is 6.79. The van der Waals surface area contributed by atoms with Gasteiger partial charge in [0.05, 0.1) is 6.61 Å². The zero-order valence-electron chi connectivity index (χ0n) is 11.3. The average molecular weight is 249 g/mol. The number of benzene rings is 1. The van der Waals surface area contributed by atoms with Gasteiger partial charge in [0, 0.05) is 19.1 Å². The zero-order valence-corrected chi connectivity index (χ0v) is 11.3. The molecule has 0 bridgehead atoms. The summed E-state index contributed by atoms with van der Waals surface area (Å²) in [5.41, 5.74) is 2.69. The highest BCUT2D eigenvalue weighted by molar-refractivity contribution is 5.39. The standard InChI is InChI=1S/C15H23NO2/c1-11(10-17)12(2)16-7-5-13-3-4-15-14(9-13)6-8-18-15/h3-4,9,11-12,16-17H,5-8,10H2,1-2H3. The molecule has 100 valence electrons. The van der Waals surface area contributed by atoms with Crippen molar-refractivity contribution in [2.75, 3.05) is 19.8 Å². The number of fused-ring (bicyclic) bond motifs is 1. The van der Waals surface area contributed by atoms with Crippen molar-refractivity contribution >= 4 is 0 Å². The predicted octanol–water partition coefficient (Wildman–Crippen LogP) is 1.77. The molecule has 0 radical (unpaired) electrons.